The molecule has 4 aromatic rings. The lowest BCUT2D eigenvalue weighted by Crippen LogP contribution is -2.22. The van der Waals surface area contributed by atoms with Gasteiger partial charge in [0, 0.05) is 0 Å². The first-order chi connectivity index (χ1) is 13.4. The highest BCUT2D eigenvalue weighted by Gasteiger charge is 2.13. The Morgan fingerprint density at radius 2 is 1.86 bits per heavy atom. The van der Waals surface area contributed by atoms with Crippen LogP contribution in [0.3, 0.4) is 0 Å². The molecule has 4 rings (SSSR count). The summed E-state index contributed by atoms with van der Waals surface area (Å²) in [5, 5.41) is 0. The molecular weight excluding hydrogens is 372 g/mol. The third-order valence-electron chi connectivity index (χ3n) is 4.70. The molecule has 0 amide bonds. The Kier molecular flexibility index (Phi) is 4.59. The summed E-state index contributed by atoms with van der Waals surface area (Å²) in [6.45, 7) is 8.04. The van der Waals surface area contributed by atoms with Gasteiger partial charge < -0.3 is 9.47 Å². The predicted molar refractivity (Wildman–Crippen MR) is 114 cm³/mol. The van der Waals surface area contributed by atoms with Crippen LogP contribution in [-0.4, -0.2) is 22.6 Å². The van der Waals surface area contributed by atoms with E-state index in [1.165, 1.54) is 16.9 Å². The Hall–Kier alpha value is -2.86. The summed E-state index contributed by atoms with van der Waals surface area (Å²) in [4.78, 5) is 18.4. The summed E-state index contributed by atoms with van der Waals surface area (Å²) in [7, 11) is 1.61. The van der Waals surface area contributed by atoms with Crippen molar-refractivity contribution in [2.24, 2.45) is 0 Å². The van der Waals surface area contributed by atoms with Gasteiger partial charge in [-0.25, -0.2) is 9.38 Å². The summed E-state index contributed by atoms with van der Waals surface area (Å²) in [5.41, 5.74) is 4.87. The molecule has 2 heterocycles. The Balaban J connectivity index is 1.85. The lowest BCUT2D eigenvalue weighted by molar-refractivity contribution is 0.230. The number of hydrogen-bond acceptors (Lipinski definition) is 5. The number of thiazole rings is 1. The third kappa shape index (κ3) is 3.14. The monoisotopic (exact) mass is 394 g/mol. The highest BCUT2D eigenvalue weighted by atomic mass is 32.1. The normalized spacial score (nSPS) is 12.4. The van der Waals surface area contributed by atoms with Gasteiger partial charge in [0.15, 0.2) is 16.5 Å². The van der Waals surface area contributed by atoms with Gasteiger partial charge in [-0.3, -0.25) is 4.79 Å². The van der Waals surface area contributed by atoms with E-state index < -0.39 is 0 Å². The largest absolute Gasteiger partial charge is 0.493 e. The van der Waals surface area contributed by atoms with Crippen LogP contribution in [-0.2, 0) is 0 Å². The molecule has 2 aromatic heterocycles. The summed E-state index contributed by atoms with van der Waals surface area (Å²) in [5.74, 6) is 1.34. The fraction of sp³-hybridized carbons (Fsp3) is 0.273. The minimum atomic E-state index is -0.0489. The number of rotatable bonds is 4. The van der Waals surface area contributed by atoms with Gasteiger partial charge in [0.05, 0.1) is 28.8 Å². The number of imidazole rings is 1. The zero-order chi connectivity index (χ0) is 20.0. The van der Waals surface area contributed by atoms with Crippen molar-refractivity contribution in [3.63, 3.8) is 0 Å². The minimum absolute atomic E-state index is 0.0489. The molecule has 144 valence electrons. The van der Waals surface area contributed by atoms with E-state index in [1.54, 1.807) is 11.5 Å². The van der Waals surface area contributed by atoms with Gasteiger partial charge in [-0.15, -0.1) is 0 Å². The molecule has 0 N–H and O–H groups in total. The molecule has 28 heavy (non-hydrogen) atoms. The Morgan fingerprint density at radius 3 is 2.57 bits per heavy atom. The first-order valence-electron chi connectivity index (χ1n) is 9.16. The van der Waals surface area contributed by atoms with Gasteiger partial charge in [-0.2, -0.15) is 0 Å². The first kappa shape index (κ1) is 18.5. The highest BCUT2D eigenvalue weighted by molar-refractivity contribution is 7.15. The smallest absolute Gasteiger partial charge is 0.274 e. The number of hydrogen-bond donors (Lipinski definition) is 0. The van der Waals surface area contributed by atoms with E-state index in [4.69, 9.17) is 9.47 Å². The molecule has 0 saturated heterocycles. The van der Waals surface area contributed by atoms with Crippen LogP contribution in [0.25, 0.3) is 22.1 Å². The van der Waals surface area contributed by atoms with E-state index in [0.717, 1.165) is 22.2 Å². The van der Waals surface area contributed by atoms with E-state index in [0.29, 0.717) is 21.0 Å². The molecular formula is C22H22N2O3S. The van der Waals surface area contributed by atoms with Crippen molar-refractivity contribution in [2.45, 2.75) is 33.8 Å². The van der Waals surface area contributed by atoms with Crippen molar-refractivity contribution >= 4 is 33.4 Å². The van der Waals surface area contributed by atoms with E-state index in [2.05, 4.69) is 11.9 Å². The maximum Gasteiger partial charge on any atom is 0.274 e. The topological polar surface area (TPSA) is 52.8 Å². The molecule has 0 atom stereocenters. The standard InChI is InChI=1S/C22H22N2O3S/c1-12(2)27-18-7-6-15(10-19(18)26-5)11-20-21(25)24-17-9-14(4)13(3)8-16(17)23-22(24)28-20/h6-12H,1-5H3/b20-11+. The van der Waals surface area contributed by atoms with E-state index in [1.807, 2.05) is 57.2 Å². The number of methoxy groups -OCH3 is 1. The molecule has 0 aliphatic carbocycles. The van der Waals surface area contributed by atoms with Crippen LogP contribution in [0.5, 0.6) is 11.5 Å². The van der Waals surface area contributed by atoms with Gasteiger partial charge in [-0.1, -0.05) is 17.4 Å². The molecule has 0 aliphatic rings. The lowest BCUT2D eigenvalue weighted by Gasteiger charge is -2.13. The SMILES string of the molecule is COc1cc(/C=c2/sc3nc4cc(C)c(C)cc4n3c2=O)ccc1OC(C)C. The maximum atomic E-state index is 13.0. The van der Waals surface area contributed by atoms with E-state index in [9.17, 15) is 4.79 Å². The number of ether oxygens (including phenoxy) is 2. The van der Waals surface area contributed by atoms with Crippen LogP contribution >= 0.6 is 11.3 Å². The first-order valence-corrected chi connectivity index (χ1v) is 9.97. The molecule has 0 saturated carbocycles. The second-order valence-corrected chi connectivity index (χ2v) is 8.16. The molecule has 0 fully saturated rings. The van der Waals surface area contributed by atoms with Crippen molar-refractivity contribution in [3.05, 3.63) is 61.9 Å². The second kappa shape index (κ2) is 6.95. The Labute approximate surface area is 166 Å². The van der Waals surface area contributed by atoms with Crippen LogP contribution in [0.15, 0.2) is 35.1 Å². The zero-order valence-electron chi connectivity index (χ0n) is 16.6. The van der Waals surface area contributed by atoms with Crippen molar-refractivity contribution in [3.8, 4) is 11.5 Å². The lowest BCUT2D eigenvalue weighted by atomic mass is 10.1. The molecule has 2 aromatic carbocycles. The maximum absolute atomic E-state index is 13.0. The summed E-state index contributed by atoms with van der Waals surface area (Å²) >= 11 is 1.40. The Morgan fingerprint density at radius 1 is 1.11 bits per heavy atom. The van der Waals surface area contributed by atoms with Gasteiger partial charge in [0.1, 0.15) is 0 Å². The average molecular weight is 394 g/mol. The highest BCUT2D eigenvalue weighted by Crippen LogP contribution is 2.29. The van der Waals surface area contributed by atoms with E-state index in [-0.39, 0.29) is 11.7 Å². The van der Waals surface area contributed by atoms with Gasteiger partial charge in [-0.05, 0) is 74.7 Å². The van der Waals surface area contributed by atoms with Crippen LogP contribution in [0, 0.1) is 13.8 Å². The molecule has 0 spiro atoms. The van der Waals surface area contributed by atoms with Gasteiger partial charge in [0.2, 0.25) is 0 Å². The molecule has 0 aliphatic heterocycles. The zero-order valence-corrected chi connectivity index (χ0v) is 17.4. The Bertz CT molecular complexity index is 1300. The van der Waals surface area contributed by atoms with Crippen molar-refractivity contribution in [2.75, 3.05) is 7.11 Å². The summed E-state index contributed by atoms with van der Waals surface area (Å²) < 4.78 is 13.5. The van der Waals surface area contributed by atoms with Crippen LogP contribution in [0.4, 0.5) is 0 Å². The molecule has 0 radical (unpaired) electrons. The van der Waals surface area contributed by atoms with Crippen molar-refractivity contribution < 1.29 is 9.47 Å². The number of nitrogens with zero attached hydrogens (tertiary/aromatic N) is 2. The fourth-order valence-corrected chi connectivity index (χ4v) is 4.18. The summed E-state index contributed by atoms with van der Waals surface area (Å²) in [6, 6.07) is 9.74. The minimum Gasteiger partial charge on any atom is -0.493 e. The third-order valence-corrected chi connectivity index (χ3v) is 5.67. The van der Waals surface area contributed by atoms with Crippen LogP contribution < -0.4 is 19.6 Å². The summed E-state index contributed by atoms with van der Waals surface area (Å²) in [6.07, 6.45) is 1.93. The quantitative estimate of drug-likeness (QED) is 0.527. The predicted octanol–water partition coefficient (Wildman–Crippen LogP) is 3.87. The fourth-order valence-electron chi connectivity index (χ4n) is 3.20. The number of benzene rings is 2. The van der Waals surface area contributed by atoms with Crippen molar-refractivity contribution in [1.82, 2.24) is 9.38 Å². The number of fused-ring (bicyclic) bond motifs is 3. The molecule has 0 unspecified atom stereocenters. The van der Waals surface area contributed by atoms with Gasteiger partial charge >= 0.3 is 0 Å². The van der Waals surface area contributed by atoms with Crippen LogP contribution in [0.1, 0.15) is 30.5 Å². The molecule has 5 nitrogen and oxygen atoms in total. The van der Waals surface area contributed by atoms with Crippen LogP contribution in [0.2, 0.25) is 0 Å². The second-order valence-electron chi connectivity index (χ2n) is 7.15. The average Bonchev–Trinajstić information content (AvgIpc) is 3.13. The number of aromatic nitrogens is 2. The molecule has 0 bridgehead atoms. The number of aryl methyl sites for hydroxylation is 2. The van der Waals surface area contributed by atoms with Crippen molar-refractivity contribution in [1.29, 1.82) is 0 Å². The van der Waals surface area contributed by atoms with E-state index >= 15 is 0 Å². The molecule has 6 heteroatoms. The van der Waals surface area contributed by atoms with Gasteiger partial charge in [0.25, 0.3) is 5.56 Å².